The minimum atomic E-state index is 0.0211. The van der Waals surface area contributed by atoms with Crippen LogP contribution < -0.4 is 10.9 Å². The van der Waals surface area contributed by atoms with E-state index in [0.717, 1.165) is 33.4 Å². The van der Waals surface area contributed by atoms with Gasteiger partial charge in [0, 0.05) is 32.9 Å². The molecule has 0 atom stereocenters. The van der Waals surface area contributed by atoms with Crippen molar-refractivity contribution in [1.82, 2.24) is 9.13 Å². The zero-order valence-electron chi connectivity index (χ0n) is 35.4. The van der Waals surface area contributed by atoms with Crippen LogP contribution in [0.4, 0.5) is 0 Å². The van der Waals surface area contributed by atoms with E-state index in [4.69, 9.17) is 0 Å². The first kappa shape index (κ1) is 38.0. The summed E-state index contributed by atoms with van der Waals surface area (Å²) in [7, 11) is 0. The fourth-order valence-electron chi connectivity index (χ4n) is 12.6. The van der Waals surface area contributed by atoms with Crippen molar-refractivity contribution in [3.8, 4) is 11.4 Å². The van der Waals surface area contributed by atoms with Crippen molar-refractivity contribution in [1.29, 1.82) is 0 Å². The lowest BCUT2D eigenvalue weighted by molar-refractivity contribution is 0.419. The lowest BCUT2D eigenvalue weighted by Gasteiger charge is -2.31. The van der Waals surface area contributed by atoms with Crippen LogP contribution in [0.5, 0.6) is 0 Å². The van der Waals surface area contributed by atoms with Crippen molar-refractivity contribution in [2.45, 2.75) is 152 Å². The standard InChI is InChI=1S/C56H60N2O2/c59-55-45-25-13-15-27-51(45)57(41-29-31-43(37-17-5-1-6-18-37)47(33-41)39-21-9-3-10-22-39)53-35-50-54(36-49(53)55)58(52-28-16-14-26-46(52)56(50)60)42-30-32-44(38-19-7-2-8-20-38)48(34-42)40-23-11-4-12-24-40/h13-16,25-40H,1-12,17-24H2. The van der Waals surface area contributed by atoms with E-state index >= 15 is 0 Å². The van der Waals surface area contributed by atoms with Crippen LogP contribution >= 0.6 is 0 Å². The molecular weight excluding hydrogens is 733 g/mol. The quantitative estimate of drug-likeness (QED) is 0.157. The molecule has 0 radical (unpaired) electrons. The van der Waals surface area contributed by atoms with Crippen LogP contribution in [0.2, 0.25) is 0 Å². The Kier molecular flexibility index (Phi) is 10.2. The molecule has 4 nitrogen and oxygen atoms in total. The molecule has 4 aliphatic carbocycles. The molecule has 306 valence electrons. The fourth-order valence-corrected chi connectivity index (χ4v) is 12.6. The third-order valence-corrected chi connectivity index (χ3v) is 15.7. The predicted molar refractivity (Wildman–Crippen MR) is 251 cm³/mol. The summed E-state index contributed by atoms with van der Waals surface area (Å²) in [4.78, 5) is 29.7. The monoisotopic (exact) mass is 792 g/mol. The van der Waals surface area contributed by atoms with Gasteiger partial charge in [-0.05, 0) is 158 Å². The highest BCUT2D eigenvalue weighted by atomic mass is 16.1. The Morgan fingerprint density at radius 3 is 1.02 bits per heavy atom. The molecule has 5 aromatic carbocycles. The molecule has 60 heavy (non-hydrogen) atoms. The van der Waals surface area contributed by atoms with Crippen LogP contribution in [0.1, 0.15) is 174 Å². The second-order valence-corrected chi connectivity index (χ2v) is 19.2. The van der Waals surface area contributed by atoms with Gasteiger partial charge in [-0.2, -0.15) is 0 Å². The number of aromatic nitrogens is 2. The highest BCUT2D eigenvalue weighted by Gasteiger charge is 2.28. The Morgan fingerprint density at radius 1 is 0.317 bits per heavy atom. The van der Waals surface area contributed by atoms with E-state index < -0.39 is 0 Å². The van der Waals surface area contributed by atoms with Crippen LogP contribution in [0.25, 0.3) is 55.0 Å². The number of rotatable bonds is 6. The molecule has 4 heteroatoms. The molecule has 0 saturated heterocycles. The van der Waals surface area contributed by atoms with Gasteiger partial charge in [-0.1, -0.05) is 113 Å². The molecule has 4 aliphatic rings. The van der Waals surface area contributed by atoms with Gasteiger partial charge in [0.05, 0.1) is 22.1 Å². The van der Waals surface area contributed by atoms with Crippen molar-refractivity contribution in [2.24, 2.45) is 0 Å². The van der Waals surface area contributed by atoms with Gasteiger partial charge < -0.3 is 9.13 Å². The van der Waals surface area contributed by atoms with Crippen LogP contribution in [-0.2, 0) is 0 Å². The maximum atomic E-state index is 14.9. The summed E-state index contributed by atoms with van der Waals surface area (Å²) in [6, 6.07) is 34.9. The van der Waals surface area contributed by atoms with Gasteiger partial charge in [-0.15, -0.1) is 0 Å². The number of benzene rings is 5. The third-order valence-electron chi connectivity index (χ3n) is 15.7. The van der Waals surface area contributed by atoms with Crippen molar-refractivity contribution >= 4 is 43.6 Å². The summed E-state index contributed by atoms with van der Waals surface area (Å²) >= 11 is 0. The first-order chi connectivity index (χ1) is 29.6. The zero-order chi connectivity index (χ0) is 40.2. The summed E-state index contributed by atoms with van der Waals surface area (Å²) in [5.74, 6) is 2.38. The van der Waals surface area contributed by atoms with Crippen molar-refractivity contribution in [3.05, 3.63) is 140 Å². The number of pyridine rings is 2. The molecule has 0 unspecified atom stereocenters. The minimum absolute atomic E-state index is 0.0211. The van der Waals surface area contributed by atoms with Crippen LogP contribution in [0.15, 0.2) is 107 Å². The molecule has 2 aromatic heterocycles. The van der Waals surface area contributed by atoms with Crippen LogP contribution in [0.3, 0.4) is 0 Å². The average Bonchev–Trinajstić information content (AvgIpc) is 3.32. The van der Waals surface area contributed by atoms with Gasteiger partial charge >= 0.3 is 0 Å². The van der Waals surface area contributed by atoms with E-state index in [2.05, 4.69) is 69.8 Å². The summed E-state index contributed by atoms with van der Waals surface area (Å²) < 4.78 is 4.61. The Labute approximate surface area is 354 Å². The SMILES string of the molecule is O=c1c2ccccc2n(-c2ccc(C3CCCCC3)c(C3CCCCC3)c2)c2cc3c(=O)c4ccccc4n(-c4ccc(C5CCCCC5)c(C5CCCCC5)c4)c3cc12. The first-order valence-corrected chi connectivity index (χ1v) is 24.0. The van der Waals surface area contributed by atoms with Crippen LogP contribution in [0, 0.1) is 0 Å². The maximum absolute atomic E-state index is 14.9. The number of nitrogens with zero attached hydrogens (tertiary/aromatic N) is 2. The van der Waals surface area contributed by atoms with Crippen LogP contribution in [-0.4, -0.2) is 9.13 Å². The van der Waals surface area contributed by atoms with E-state index in [1.165, 1.54) is 140 Å². The summed E-state index contributed by atoms with van der Waals surface area (Å²) in [6.45, 7) is 0. The van der Waals surface area contributed by atoms with E-state index in [-0.39, 0.29) is 10.9 Å². The van der Waals surface area contributed by atoms with Gasteiger partial charge in [0.25, 0.3) is 0 Å². The van der Waals surface area contributed by atoms with Gasteiger partial charge in [0.1, 0.15) is 0 Å². The Bertz CT molecular complexity index is 2660. The number of hydrogen-bond donors (Lipinski definition) is 0. The van der Waals surface area contributed by atoms with Gasteiger partial charge in [-0.25, -0.2) is 0 Å². The molecule has 0 amide bonds. The summed E-state index contributed by atoms with van der Waals surface area (Å²) in [6.07, 6.45) is 25.9. The zero-order valence-corrected chi connectivity index (χ0v) is 35.4. The lowest BCUT2D eigenvalue weighted by Crippen LogP contribution is -2.16. The van der Waals surface area contributed by atoms with E-state index in [9.17, 15) is 9.59 Å². The summed E-state index contributed by atoms with van der Waals surface area (Å²) in [5, 5.41) is 2.75. The van der Waals surface area contributed by atoms with Crippen molar-refractivity contribution in [3.63, 3.8) is 0 Å². The number of fused-ring (bicyclic) bond motifs is 4. The number of para-hydroxylation sites is 2. The largest absolute Gasteiger partial charge is 0.309 e. The molecule has 2 heterocycles. The second kappa shape index (κ2) is 16.1. The normalized spacial score (nSPS) is 19.2. The van der Waals surface area contributed by atoms with E-state index in [0.29, 0.717) is 45.2 Å². The molecule has 7 aromatic rings. The molecule has 0 spiro atoms. The minimum Gasteiger partial charge on any atom is -0.309 e. The van der Waals surface area contributed by atoms with Gasteiger partial charge in [-0.3, -0.25) is 9.59 Å². The topological polar surface area (TPSA) is 44.0 Å². The first-order valence-electron chi connectivity index (χ1n) is 24.0. The smallest absolute Gasteiger partial charge is 0.197 e. The Morgan fingerprint density at radius 2 is 0.650 bits per heavy atom. The molecule has 0 bridgehead atoms. The average molecular weight is 793 g/mol. The second-order valence-electron chi connectivity index (χ2n) is 19.2. The van der Waals surface area contributed by atoms with E-state index in [1.54, 1.807) is 11.1 Å². The highest BCUT2D eigenvalue weighted by molar-refractivity contribution is 6.05. The molecule has 0 aliphatic heterocycles. The highest BCUT2D eigenvalue weighted by Crippen LogP contribution is 2.44. The van der Waals surface area contributed by atoms with Gasteiger partial charge in [0.15, 0.2) is 10.9 Å². The maximum Gasteiger partial charge on any atom is 0.197 e. The third kappa shape index (κ3) is 6.64. The van der Waals surface area contributed by atoms with Crippen molar-refractivity contribution < 1.29 is 0 Å². The molecule has 4 fully saturated rings. The Balaban J connectivity index is 1.17. The molecule has 4 saturated carbocycles. The summed E-state index contributed by atoms with van der Waals surface area (Å²) in [5.41, 5.74) is 11.8. The lowest BCUT2D eigenvalue weighted by atomic mass is 9.76. The number of hydrogen-bond acceptors (Lipinski definition) is 2. The van der Waals surface area contributed by atoms with E-state index in [1.807, 2.05) is 36.4 Å². The molecular formula is C56H60N2O2. The predicted octanol–water partition coefficient (Wildman–Crippen LogP) is 14.8. The van der Waals surface area contributed by atoms with Gasteiger partial charge in [0.2, 0.25) is 0 Å². The molecule has 11 rings (SSSR count). The Hall–Kier alpha value is -4.96. The fraction of sp³-hybridized carbons (Fsp3) is 0.429. The van der Waals surface area contributed by atoms with Crippen molar-refractivity contribution in [2.75, 3.05) is 0 Å². The molecule has 0 N–H and O–H groups in total.